The van der Waals surface area contributed by atoms with E-state index in [-0.39, 0.29) is 5.82 Å². The Labute approximate surface area is 229 Å². The lowest BCUT2D eigenvalue weighted by atomic mass is 10.0. The minimum atomic E-state index is -0.263. The molecule has 0 saturated carbocycles. The number of aliphatic imine (C=N–C) groups is 1. The van der Waals surface area contributed by atoms with Crippen LogP contribution in [0.25, 0.3) is 5.70 Å². The Kier molecular flexibility index (Phi) is 11.3. The first-order valence-electron chi connectivity index (χ1n) is 13.5. The zero-order valence-corrected chi connectivity index (χ0v) is 23.7. The average Bonchev–Trinajstić information content (AvgIpc) is 2.90. The molecule has 0 radical (unpaired) electrons. The molecule has 1 aliphatic heterocycles. The predicted molar refractivity (Wildman–Crippen MR) is 162 cm³/mol. The van der Waals surface area contributed by atoms with E-state index in [2.05, 4.69) is 90.9 Å². The first-order chi connectivity index (χ1) is 18.3. The van der Waals surface area contributed by atoms with Crippen molar-refractivity contribution in [1.82, 2.24) is 9.80 Å². The van der Waals surface area contributed by atoms with Crippen LogP contribution >= 0.6 is 0 Å². The molecule has 1 fully saturated rings. The first kappa shape index (κ1) is 29.3. The van der Waals surface area contributed by atoms with E-state index in [0.29, 0.717) is 6.04 Å². The van der Waals surface area contributed by atoms with Gasteiger partial charge in [0.2, 0.25) is 0 Å². The monoisotopic (exact) mass is 514 g/mol. The van der Waals surface area contributed by atoms with Crippen LogP contribution < -0.4 is 5.32 Å². The number of likely N-dealkylation sites (N-methyl/N-ethyl adjacent to an activating group) is 1. The van der Waals surface area contributed by atoms with Gasteiger partial charge in [0, 0.05) is 30.4 Å². The van der Waals surface area contributed by atoms with Crippen molar-refractivity contribution in [1.29, 1.82) is 0 Å². The normalized spacial score (nSPS) is 16.7. The summed E-state index contributed by atoms with van der Waals surface area (Å²) in [6.07, 6.45) is 10.2. The van der Waals surface area contributed by atoms with Crippen molar-refractivity contribution in [2.45, 2.75) is 53.1 Å². The molecule has 0 unspecified atom stereocenters. The van der Waals surface area contributed by atoms with Crippen molar-refractivity contribution in [3.8, 4) is 0 Å². The van der Waals surface area contributed by atoms with Crippen LogP contribution in [0.2, 0.25) is 0 Å². The van der Waals surface area contributed by atoms with E-state index in [1.807, 2.05) is 13.0 Å². The molecule has 202 valence electrons. The topological polar surface area (TPSA) is 30.9 Å². The number of benzene rings is 2. The standard InChI is InChI=1S/C33H43FN4/c1-7-9-25(3)26(4)23-37(6)32-19-21-38(22-20-32)24-28-11-17-31(18-12-28)35-27(5)36-33(10-8-2)29-13-15-30(34)16-14-29/h7-18,32H,2,19-24H2,1,3-6H3,(H,35,36)/b9-7-,26-25+,33-10-. The second-order valence-electron chi connectivity index (χ2n) is 10.2. The van der Waals surface area contributed by atoms with Crippen LogP contribution in [-0.4, -0.2) is 48.4 Å². The van der Waals surface area contributed by atoms with Crippen LogP contribution in [0.4, 0.5) is 10.1 Å². The second-order valence-corrected chi connectivity index (χ2v) is 10.2. The number of piperidine rings is 1. The van der Waals surface area contributed by atoms with E-state index in [0.717, 1.165) is 49.0 Å². The maximum absolute atomic E-state index is 13.3. The molecule has 3 rings (SSSR count). The summed E-state index contributed by atoms with van der Waals surface area (Å²) in [4.78, 5) is 9.77. The van der Waals surface area contributed by atoms with Gasteiger partial charge in [-0.3, -0.25) is 9.80 Å². The van der Waals surface area contributed by atoms with Gasteiger partial charge in [-0.15, -0.1) is 0 Å². The fraction of sp³-hybridized carbons (Fsp3) is 0.364. The molecular formula is C33H43FN4. The molecule has 0 aromatic heterocycles. The van der Waals surface area contributed by atoms with Crippen LogP contribution in [0.15, 0.2) is 95.6 Å². The van der Waals surface area contributed by atoms with Crippen molar-refractivity contribution < 1.29 is 4.39 Å². The highest BCUT2D eigenvalue weighted by Crippen LogP contribution is 2.21. The number of allylic oxidation sites excluding steroid dienone is 5. The molecule has 0 bridgehead atoms. The van der Waals surface area contributed by atoms with Crippen molar-refractivity contribution in [2.75, 3.05) is 32.0 Å². The maximum atomic E-state index is 13.3. The number of hydrogen-bond donors (Lipinski definition) is 1. The maximum Gasteiger partial charge on any atom is 0.123 e. The average molecular weight is 515 g/mol. The van der Waals surface area contributed by atoms with Gasteiger partial charge in [0.25, 0.3) is 0 Å². The van der Waals surface area contributed by atoms with E-state index < -0.39 is 0 Å². The molecule has 1 saturated heterocycles. The minimum Gasteiger partial charge on any atom is -0.344 e. The smallest absolute Gasteiger partial charge is 0.123 e. The SMILES string of the molecule is C=C/C=C(\N=C(C)Nc1ccc(CN2CCC(N(C)C/C(C)=C(C)/C=C\C)CC2)cc1)c1ccc(F)cc1. The molecule has 0 aliphatic carbocycles. The molecule has 0 atom stereocenters. The lowest BCUT2D eigenvalue weighted by molar-refractivity contribution is 0.129. The van der Waals surface area contributed by atoms with E-state index in [9.17, 15) is 4.39 Å². The highest BCUT2D eigenvalue weighted by atomic mass is 19.1. The quantitative estimate of drug-likeness (QED) is 0.200. The van der Waals surface area contributed by atoms with Gasteiger partial charge in [0.05, 0.1) is 5.70 Å². The van der Waals surface area contributed by atoms with Crippen molar-refractivity contribution in [2.24, 2.45) is 4.99 Å². The summed E-state index contributed by atoms with van der Waals surface area (Å²) in [6, 6.07) is 15.5. The summed E-state index contributed by atoms with van der Waals surface area (Å²) in [5, 5.41) is 3.37. The predicted octanol–water partition coefficient (Wildman–Crippen LogP) is 7.69. The fourth-order valence-corrected chi connectivity index (χ4v) is 4.84. The van der Waals surface area contributed by atoms with Gasteiger partial charge >= 0.3 is 0 Å². The third-order valence-electron chi connectivity index (χ3n) is 7.15. The molecule has 38 heavy (non-hydrogen) atoms. The van der Waals surface area contributed by atoms with Crippen LogP contribution in [0, 0.1) is 5.82 Å². The molecule has 1 heterocycles. The Hall–Kier alpha value is -3.28. The van der Waals surface area contributed by atoms with Gasteiger partial charge < -0.3 is 5.32 Å². The molecule has 1 aliphatic rings. The number of nitrogens with one attached hydrogen (secondary N) is 1. The van der Waals surface area contributed by atoms with E-state index in [1.54, 1.807) is 18.2 Å². The number of rotatable bonds is 10. The summed E-state index contributed by atoms with van der Waals surface area (Å²) in [5.74, 6) is 0.493. The number of likely N-dealkylation sites (tertiary alicyclic amines) is 1. The van der Waals surface area contributed by atoms with Gasteiger partial charge in [-0.25, -0.2) is 9.38 Å². The Morgan fingerprint density at radius 3 is 2.34 bits per heavy atom. The summed E-state index contributed by atoms with van der Waals surface area (Å²) < 4.78 is 13.3. The van der Waals surface area contributed by atoms with E-state index in [1.165, 1.54) is 41.7 Å². The second kappa shape index (κ2) is 14.6. The Balaban J connectivity index is 1.51. The van der Waals surface area contributed by atoms with Crippen LogP contribution in [0.5, 0.6) is 0 Å². The molecule has 1 N–H and O–H groups in total. The number of halogens is 1. The summed E-state index contributed by atoms with van der Waals surface area (Å²) in [5.41, 5.74) is 6.70. The van der Waals surface area contributed by atoms with Crippen molar-refractivity contribution in [3.63, 3.8) is 0 Å². The lowest BCUT2D eigenvalue weighted by Gasteiger charge is -2.37. The summed E-state index contributed by atoms with van der Waals surface area (Å²) in [6.45, 7) is 16.5. The Morgan fingerprint density at radius 1 is 1.08 bits per heavy atom. The highest BCUT2D eigenvalue weighted by Gasteiger charge is 2.22. The zero-order chi connectivity index (χ0) is 27.5. The van der Waals surface area contributed by atoms with Crippen LogP contribution in [-0.2, 0) is 6.54 Å². The largest absolute Gasteiger partial charge is 0.344 e. The van der Waals surface area contributed by atoms with Crippen LogP contribution in [0.3, 0.4) is 0 Å². The summed E-state index contributed by atoms with van der Waals surface area (Å²) >= 11 is 0. The molecule has 4 nitrogen and oxygen atoms in total. The third-order valence-corrected chi connectivity index (χ3v) is 7.15. The van der Waals surface area contributed by atoms with Gasteiger partial charge in [0.15, 0.2) is 0 Å². The minimum absolute atomic E-state index is 0.263. The Bertz CT molecular complexity index is 1160. The molecule has 5 heteroatoms. The van der Waals surface area contributed by atoms with E-state index in [4.69, 9.17) is 0 Å². The fourth-order valence-electron chi connectivity index (χ4n) is 4.84. The molecule has 0 spiro atoms. The lowest BCUT2D eigenvalue weighted by Crippen LogP contribution is -2.43. The molecule has 2 aromatic carbocycles. The number of hydrogen-bond acceptors (Lipinski definition) is 3. The Morgan fingerprint density at radius 2 is 1.74 bits per heavy atom. The van der Waals surface area contributed by atoms with Crippen LogP contribution in [0.1, 0.15) is 51.7 Å². The number of nitrogens with zero attached hydrogens (tertiary/aromatic N) is 3. The van der Waals surface area contributed by atoms with E-state index >= 15 is 0 Å². The van der Waals surface area contributed by atoms with Gasteiger partial charge in [-0.05, 0) is 109 Å². The highest BCUT2D eigenvalue weighted by molar-refractivity contribution is 5.97. The van der Waals surface area contributed by atoms with Gasteiger partial charge in [-0.2, -0.15) is 0 Å². The van der Waals surface area contributed by atoms with Crippen molar-refractivity contribution in [3.05, 3.63) is 108 Å². The first-order valence-corrected chi connectivity index (χ1v) is 13.5. The molecular weight excluding hydrogens is 471 g/mol. The number of amidine groups is 1. The number of anilines is 1. The summed E-state index contributed by atoms with van der Waals surface area (Å²) in [7, 11) is 2.26. The molecule has 2 aromatic rings. The van der Waals surface area contributed by atoms with Crippen molar-refractivity contribution >= 4 is 17.2 Å². The van der Waals surface area contributed by atoms with Gasteiger partial charge in [-0.1, -0.05) is 48.1 Å². The zero-order valence-electron chi connectivity index (χ0n) is 23.7. The third kappa shape index (κ3) is 8.93. The molecule has 0 amide bonds. The van der Waals surface area contributed by atoms with Gasteiger partial charge in [0.1, 0.15) is 11.7 Å².